The quantitative estimate of drug-likeness (QED) is 0.340. The summed E-state index contributed by atoms with van der Waals surface area (Å²) in [6.45, 7) is 6.60. The van der Waals surface area contributed by atoms with Gasteiger partial charge < -0.3 is 4.84 Å². The second-order valence-electron chi connectivity index (χ2n) is 2.35. The highest BCUT2D eigenvalue weighted by Gasteiger charge is 1.88. The lowest BCUT2D eigenvalue weighted by molar-refractivity contribution is 0.158. The highest BCUT2D eigenvalue weighted by Crippen LogP contribution is 1.94. The Morgan fingerprint density at radius 1 is 1.55 bits per heavy atom. The van der Waals surface area contributed by atoms with Gasteiger partial charge in [0.15, 0.2) is 0 Å². The van der Waals surface area contributed by atoms with Crippen LogP contribution in [0.4, 0.5) is 0 Å². The maximum Gasteiger partial charge on any atom is 0.114 e. The van der Waals surface area contributed by atoms with Gasteiger partial charge in [-0.3, -0.25) is 0 Å². The average Bonchev–Trinajstić information content (AvgIpc) is 2.01. The third kappa shape index (κ3) is 7.10. The minimum absolute atomic E-state index is 0.654. The smallest absolute Gasteiger partial charge is 0.114 e. The SMILES string of the molecule is CC=CCCC(C)=NOCC. The molecule has 11 heavy (non-hydrogen) atoms. The molecule has 0 aromatic carbocycles. The number of allylic oxidation sites excluding steroid dienone is 2. The number of hydrogen-bond donors (Lipinski definition) is 0. The monoisotopic (exact) mass is 155 g/mol. The number of rotatable bonds is 5. The summed E-state index contributed by atoms with van der Waals surface area (Å²) in [7, 11) is 0. The summed E-state index contributed by atoms with van der Waals surface area (Å²) in [4.78, 5) is 4.89. The molecule has 0 aromatic heterocycles. The molecule has 0 aliphatic carbocycles. The van der Waals surface area contributed by atoms with Gasteiger partial charge in [-0.05, 0) is 33.6 Å². The minimum Gasteiger partial charge on any atom is -0.396 e. The normalized spacial score (nSPS) is 12.5. The largest absolute Gasteiger partial charge is 0.396 e. The molecule has 0 amide bonds. The third-order valence-electron chi connectivity index (χ3n) is 1.26. The molecule has 0 aliphatic heterocycles. The van der Waals surface area contributed by atoms with Crippen LogP contribution >= 0.6 is 0 Å². The molecule has 0 rings (SSSR count). The van der Waals surface area contributed by atoms with Crippen molar-refractivity contribution in [2.75, 3.05) is 6.61 Å². The molecule has 0 aromatic rings. The summed E-state index contributed by atoms with van der Waals surface area (Å²) < 4.78 is 0. The van der Waals surface area contributed by atoms with Crippen molar-refractivity contribution in [3.63, 3.8) is 0 Å². The van der Waals surface area contributed by atoms with Gasteiger partial charge in [0, 0.05) is 0 Å². The minimum atomic E-state index is 0.654. The summed E-state index contributed by atoms with van der Waals surface area (Å²) in [5, 5.41) is 3.90. The Labute approximate surface area is 68.9 Å². The van der Waals surface area contributed by atoms with E-state index in [1.165, 1.54) is 0 Å². The second-order valence-corrected chi connectivity index (χ2v) is 2.35. The van der Waals surface area contributed by atoms with Crippen LogP contribution in [0.2, 0.25) is 0 Å². The van der Waals surface area contributed by atoms with E-state index in [4.69, 9.17) is 4.84 Å². The Morgan fingerprint density at radius 2 is 2.27 bits per heavy atom. The highest BCUT2D eigenvalue weighted by molar-refractivity contribution is 5.81. The molecule has 64 valence electrons. The Bertz CT molecular complexity index is 138. The molecule has 0 fully saturated rings. The Kier molecular flexibility index (Phi) is 6.79. The van der Waals surface area contributed by atoms with E-state index in [0.29, 0.717) is 6.61 Å². The van der Waals surface area contributed by atoms with Crippen molar-refractivity contribution in [3.8, 4) is 0 Å². The van der Waals surface area contributed by atoms with Crippen LogP contribution in [0.15, 0.2) is 17.3 Å². The zero-order valence-electron chi connectivity index (χ0n) is 7.63. The van der Waals surface area contributed by atoms with Gasteiger partial charge >= 0.3 is 0 Å². The number of oxime groups is 1. The van der Waals surface area contributed by atoms with E-state index >= 15 is 0 Å². The van der Waals surface area contributed by atoms with Crippen LogP contribution in [0, 0.1) is 0 Å². The molecule has 2 heteroatoms. The van der Waals surface area contributed by atoms with Gasteiger partial charge in [-0.25, -0.2) is 0 Å². The summed E-state index contributed by atoms with van der Waals surface area (Å²) >= 11 is 0. The standard InChI is InChI=1S/C9H17NO/c1-4-6-7-8-9(3)10-11-5-2/h4,6H,5,7-8H2,1-3H3. The first-order valence-electron chi connectivity index (χ1n) is 4.07. The fourth-order valence-corrected chi connectivity index (χ4v) is 0.679. The molecule has 0 heterocycles. The molecule has 2 nitrogen and oxygen atoms in total. The van der Waals surface area contributed by atoms with Crippen molar-refractivity contribution >= 4 is 5.71 Å². The van der Waals surface area contributed by atoms with Gasteiger partial charge in [0.25, 0.3) is 0 Å². The first-order valence-corrected chi connectivity index (χ1v) is 4.07. The van der Waals surface area contributed by atoms with E-state index in [9.17, 15) is 0 Å². The van der Waals surface area contributed by atoms with E-state index in [1.807, 2.05) is 26.8 Å². The van der Waals surface area contributed by atoms with E-state index in [0.717, 1.165) is 18.6 Å². The van der Waals surface area contributed by atoms with Crippen LogP contribution in [0.1, 0.15) is 33.6 Å². The van der Waals surface area contributed by atoms with Crippen LogP contribution in [0.3, 0.4) is 0 Å². The van der Waals surface area contributed by atoms with Crippen molar-refractivity contribution in [2.45, 2.75) is 33.6 Å². The summed E-state index contributed by atoms with van der Waals surface area (Å²) in [5.74, 6) is 0. The lowest BCUT2D eigenvalue weighted by Crippen LogP contribution is -1.92. The average molecular weight is 155 g/mol. The van der Waals surface area contributed by atoms with E-state index in [2.05, 4.69) is 11.2 Å². The molecule has 0 radical (unpaired) electrons. The van der Waals surface area contributed by atoms with E-state index < -0.39 is 0 Å². The fraction of sp³-hybridized carbons (Fsp3) is 0.667. The molecule has 0 aliphatic rings. The van der Waals surface area contributed by atoms with Crippen LogP contribution in [-0.2, 0) is 4.84 Å². The zero-order chi connectivity index (χ0) is 8.53. The molecular weight excluding hydrogens is 138 g/mol. The van der Waals surface area contributed by atoms with Crippen LogP contribution in [0.5, 0.6) is 0 Å². The molecular formula is C9H17NO. The Hall–Kier alpha value is -0.790. The van der Waals surface area contributed by atoms with Gasteiger partial charge in [0.1, 0.15) is 6.61 Å². The van der Waals surface area contributed by atoms with Gasteiger partial charge in [-0.1, -0.05) is 17.3 Å². The first-order chi connectivity index (χ1) is 5.31. The maximum absolute atomic E-state index is 4.89. The fourth-order valence-electron chi connectivity index (χ4n) is 0.679. The summed E-state index contributed by atoms with van der Waals surface area (Å²) in [6.07, 6.45) is 6.22. The first kappa shape index (κ1) is 10.2. The van der Waals surface area contributed by atoms with E-state index in [1.54, 1.807) is 0 Å². The topological polar surface area (TPSA) is 21.6 Å². The van der Waals surface area contributed by atoms with Crippen LogP contribution in [0.25, 0.3) is 0 Å². The molecule has 0 unspecified atom stereocenters. The van der Waals surface area contributed by atoms with E-state index in [-0.39, 0.29) is 0 Å². The predicted molar refractivity (Wildman–Crippen MR) is 48.8 cm³/mol. The zero-order valence-corrected chi connectivity index (χ0v) is 7.63. The Balaban J connectivity index is 3.42. The number of hydrogen-bond acceptors (Lipinski definition) is 2. The van der Waals surface area contributed by atoms with Crippen molar-refractivity contribution < 1.29 is 4.84 Å². The molecule has 0 atom stereocenters. The van der Waals surface area contributed by atoms with Crippen molar-refractivity contribution in [3.05, 3.63) is 12.2 Å². The van der Waals surface area contributed by atoms with Crippen molar-refractivity contribution in [2.24, 2.45) is 5.16 Å². The Morgan fingerprint density at radius 3 is 2.82 bits per heavy atom. The van der Waals surface area contributed by atoms with Gasteiger partial charge in [0.2, 0.25) is 0 Å². The molecule has 0 bridgehead atoms. The van der Waals surface area contributed by atoms with Gasteiger partial charge in [-0.2, -0.15) is 0 Å². The van der Waals surface area contributed by atoms with Gasteiger partial charge in [-0.15, -0.1) is 0 Å². The van der Waals surface area contributed by atoms with Crippen molar-refractivity contribution in [1.82, 2.24) is 0 Å². The van der Waals surface area contributed by atoms with Crippen molar-refractivity contribution in [1.29, 1.82) is 0 Å². The lowest BCUT2D eigenvalue weighted by Gasteiger charge is -1.96. The summed E-state index contributed by atoms with van der Waals surface area (Å²) in [5.41, 5.74) is 1.06. The second kappa shape index (κ2) is 7.32. The molecule has 0 N–H and O–H groups in total. The highest BCUT2D eigenvalue weighted by atomic mass is 16.6. The third-order valence-corrected chi connectivity index (χ3v) is 1.26. The predicted octanol–water partition coefficient (Wildman–Crippen LogP) is 2.76. The summed E-state index contributed by atoms with van der Waals surface area (Å²) in [6, 6.07) is 0. The van der Waals surface area contributed by atoms with Gasteiger partial charge in [0.05, 0.1) is 5.71 Å². The lowest BCUT2D eigenvalue weighted by atomic mass is 10.2. The molecule has 0 spiro atoms. The van der Waals surface area contributed by atoms with Crippen LogP contribution < -0.4 is 0 Å². The van der Waals surface area contributed by atoms with Crippen LogP contribution in [-0.4, -0.2) is 12.3 Å². The molecule has 0 saturated heterocycles. The maximum atomic E-state index is 4.89. The number of nitrogens with zero attached hydrogens (tertiary/aromatic N) is 1. The molecule has 0 saturated carbocycles.